The number of nitrogens with one attached hydrogen (secondary N) is 1. The predicted octanol–water partition coefficient (Wildman–Crippen LogP) is 5.27. The Balaban J connectivity index is 1.30. The van der Waals surface area contributed by atoms with Crippen LogP contribution in [0.15, 0.2) is 54.6 Å². The van der Waals surface area contributed by atoms with Crippen molar-refractivity contribution in [1.29, 1.82) is 0 Å². The molecule has 1 aliphatic carbocycles. The first-order chi connectivity index (χ1) is 21.4. The summed E-state index contributed by atoms with van der Waals surface area (Å²) in [5.74, 6) is 0.490. The molecule has 3 heterocycles. The van der Waals surface area contributed by atoms with Crippen LogP contribution < -0.4 is 14.8 Å². The monoisotopic (exact) mass is 601 g/mol. The van der Waals surface area contributed by atoms with Gasteiger partial charge in [0.2, 0.25) is 5.91 Å². The lowest BCUT2D eigenvalue weighted by molar-refractivity contribution is -0.149. The number of methoxy groups -OCH3 is 1. The fraction of sp³-hybridized carbons (Fsp3) is 0.471. The van der Waals surface area contributed by atoms with Gasteiger partial charge in [0.25, 0.3) is 0 Å². The van der Waals surface area contributed by atoms with Gasteiger partial charge < -0.3 is 24.3 Å². The Morgan fingerprint density at radius 3 is 2.70 bits per heavy atom. The second-order valence-electron chi connectivity index (χ2n) is 11.8. The van der Waals surface area contributed by atoms with Gasteiger partial charge in [0.1, 0.15) is 29.2 Å². The number of pyridine rings is 1. The Morgan fingerprint density at radius 1 is 1.09 bits per heavy atom. The van der Waals surface area contributed by atoms with Crippen LogP contribution in [0.5, 0.6) is 11.5 Å². The average molecular weight is 602 g/mol. The Hall–Kier alpha value is -4.34. The van der Waals surface area contributed by atoms with Gasteiger partial charge in [-0.1, -0.05) is 49.6 Å². The van der Waals surface area contributed by atoms with Gasteiger partial charge in [0, 0.05) is 29.5 Å². The van der Waals surface area contributed by atoms with Gasteiger partial charge in [-0.15, -0.1) is 0 Å². The zero-order valence-electron chi connectivity index (χ0n) is 25.3. The molecule has 0 bridgehead atoms. The summed E-state index contributed by atoms with van der Waals surface area (Å²) in [6.45, 7) is 2.45. The highest BCUT2D eigenvalue weighted by atomic mass is 16.6. The average Bonchev–Trinajstić information content (AvgIpc) is 3.57. The summed E-state index contributed by atoms with van der Waals surface area (Å²) in [6, 6.07) is 16.4. The number of cyclic esters (lactones) is 1. The highest BCUT2D eigenvalue weighted by molar-refractivity contribution is 5.95. The summed E-state index contributed by atoms with van der Waals surface area (Å²) < 4.78 is 23.0. The van der Waals surface area contributed by atoms with Crippen molar-refractivity contribution < 1.29 is 33.3 Å². The molecule has 0 radical (unpaired) electrons. The zero-order chi connectivity index (χ0) is 30.7. The van der Waals surface area contributed by atoms with Crippen LogP contribution in [0.1, 0.15) is 51.9 Å². The van der Waals surface area contributed by atoms with Crippen molar-refractivity contribution >= 4 is 28.9 Å². The third-order valence-corrected chi connectivity index (χ3v) is 8.91. The van der Waals surface area contributed by atoms with Crippen LogP contribution in [0, 0.1) is 5.92 Å². The van der Waals surface area contributed by atoms with E-state index in [2.05, 4.69) is 5.32 Å². The molecule has 10 heteroatoms. The van der Waals surface area contributed by atoms with E-state index < -0.39 is 35.7 Å². The number of esters is 1. The van der Waals surface area contributed by atoms with E-state index in [4.69, 9.17) is 23.9 Å². The Labute approximate surface area is 257 Å². The molecule has 0 spiro atoms. The predicted molar refractivity (Wildman–Crippen MR) is 163 cm³/mol. The minimum atomic E-state index is -1.04. The molecule has 232 valence electrons. The second kappa shape index (κ2) is 12.7. The van der Waals surface area contributed by atoms with Crippen molar-refractivity contribution in [2.45, 2.75) is 69.6 Å². The number of nitrogens with zero attached hydrogens (tertiary/aromatic N) is 2. The van der Waals surface area contributed by atoms with Crippen molar-refractivity contribution in [3.05, 3.63) is 54.6 Å². The van der Waals surface area contributed by atoms with Crippen LogP contribution >= 0.6 is 0 Å². The Kier molecular flexibility index (Phi) is 8.59. The molecule has 2 aliphatic heterocycles. The van der Waals surface area contributed by atoms with E-state index in [9.17, 15) is 14.4 Å². The van der Waals surface area contributed by atoms with E-state index in [1.165, 1.54) is 4.90 Å². The number of benzene rings is 2. The topological polar surface area (TPSA) is 116 Å². The van der Waals surface area contributed by atoms with Gasteiger partial charge in [-0.3, -0.25) is 9.69 Å². The SMILES string of the molecule is CCOC(=O)[C@@]12C[C@H]1CCCCCCOC(=O)N1C[C@H](Oc3cc(-c4ccccc4)nc4cc(OC)ccc34)C[C@H]1C(=O)N2. The first kappa shape index (κ1) is 29.7. The molecule has 0 unspecified atom stereocenters. The maximum Gasteiger partial charge on any atom is 0.410 e. The molecule has 2 saturated heterocycles. The molecule has 10 nitrogen and oxygen atoms in total. The molecule has 2 aromatic carbocycles. The first-order valence-corrected chi connectivity index (χ1v) is 15.6. The molecular formula is C34H39N3O7. The quantitative estimate of drug-likeness (QED) is 0.380. The van der Waals surface area contributed by atoms with Gasteiger partial charge in [-0.25, -0.2) is 14.6 Å². The summed E-state index contributed by atoms with van der Waals surface area (Å²) in [4.78, 5) is 46.5. The number of hydrogen-bond acceptors (Lipinski definition) is 8. The Morgan fingerprint density at radius 2 is 1.91 bits per heavy atom. The van der Waals surface area contributed by atoms with Crippen LogP contribution in [0.2, 0.25) is 0 Å². The number of aromatic nitrogens is 1. The van der Waals surface area contributed by atoms with Crippen LogP contribution in [0.4, 0.5) is 4.79 Å². The van der Waals surface area contributed by atoms with E-state index in [1.807, 2.05) is 54.6 Å². The van der Waals surface area contributed by atoms with E-state index in [1.54, 1.807) is 14.0 Å². The minimum Gasteiger partial charge on any atom is -0.497 e. The van der Waals surface area contributed by atoms with E-state index in [0.29, 0.717) is 30.0 Å². The highest BCUT2D eigenvalue weighted by Gasteiger charge is 2.62. The van der Waals surface area contributed by atoms with Crippen molar-refractivity contribution in [3.63, 3.8) is 0 Å². The molecule has 3 fully saturated rings. The van der Waals surface area contributed by atoms with E-state index in [0.717, 1.165) is 48.7 Å². The normalized spacial score (nSPS) is 25.6. The summed E-state index contributed by atoms with van der Waals surface area (Å²) in [5, 5.41) is 3.80. The number of carbonyl (C=O) groups is 3. The minimum absolute atomic E-state index is 0.0267. The van der Waals surface area contributed by atoms with Gasteiger partial charge in [0.05, 0.1) is 38.1 Å². The number of rotatable bonds is 6. The van der Waals surface area contributed by atoms with Gasteiger partial charge in [-0.2, -0.15) is 0 Å². The summed E-state index contributed by atoms with van der Waals surface area (Å²) in [6.07, 6.45) is 4.16. The number of hydrogen-bond donors (Lipinski definition) is 1. The largest absolute Gasteiger partial charge is 0.497 e. The molecule has 1 aromatic heterocycles. The smallest absolute Gasteiger partial charge is 0.410 e. The van der Waals surface area contributed by atoms with Gasteiger partial charge in [0.15, 0.2) is 0 Å². The lowest BCUT2D eigenvalue weighted by atomic mass is 10.1. The first-order valence-electron chi connectivity index (χ1n) is 15.6. The van der Waals surface area contributed by atoms with Crippen LogP contribution in [0.25, 0.3) is 22.2 Å². The molecule has 4 atom stereocenters. The molecule has 3 aromatic rings. The third kappa shape index (κ3) is 6.02. The zero-order valence-corrected chi connectivity index (χ0v) is 25.3. The van der Waals surface area contributed by atoms with Crippen molar-refractivity contribution in [2.24, 2.45) is 5.92 Å². The van der Waals surface area contributed by atoms with Crippen molar-refractivity contribution in [2.75, 3.05) is 26.9 Å². The number of carbonyl (C=O) groups excluding carboxylic acids is 3. The summed E-state index contributed by atoms with van der Waals surface area (Å²) in [5.41, 5.74) is 1.31. The maximum atomic E-state index is 13.8. The summed E-state index contributed by atoms with van der Waals surface area (Å²) >= 11 is 0. The van der Waals surface area contributed by atoms with E-state index >= 15 is 0 Å². The lowest BCUT2D eigenvalue weighted by Crippen LogP contribution is -2.53. The van der Waals surface area contributed by atoms with Gasteiger partial charge >= 0.3 is 12.1 Å². The maximum absolute atomic E-state index is 13.8. The number of amides is 2. The van der Waals surface area contributed by atoms with Gasteiger partial charge in [-0.05, 0) is 44.2 Å². The number of fused-ring (bicyclic) bond motifs is 3. The summed E-state index contributed by atoms with van der Waals surface area (Å²) in [7, 11) is 1.61. The van der Waals surface area contributed by atoms with E-state index in [-0.39, 0.29) is 25.5 Å². The molecule has 1 saturated carbocycles. The fourth-order valence-corrected chi connectivity index (χ4v) is 6.45. The van der Waals surface area contributed by atoms with Crippen molar-refractivity contribution in [3.8, 4) is 22.8 Å². The number of ether oxygens (including phenoxy) is 4. The molecule has 44 heavy (non-hydrogen) atoms. The second-order valence-corrected chi connectivity index (χ2v) is 11.8. The lowest BCUT2D eigenvalue weighted by Gasteiger charge is -2.26. The molecule has 6 rings (SSSR count). The standard InChI is InChI=1S/C34H39N3O7/c1-3-42-32(39)34-20-23(34)13-9-4-5-10-16-43-33(40)37-21-25(18-29(37)31(38)36-34)44-30-19-27(22-11-7-6-8-12-22)35-28-17-24(41-2)14-15-26(28)30/h6-8,11-12,14-15,17,19,23,25,29H,3-5,9-10,13,16,18,20-21H2,1-2H3,(H,36,38)/t23-,25-,29+,34-/m1/s1. The third-order valence-electron chi connectivity index (χ3n) is 8.91. The fourth-order valence-electron chi connectivity index (χ4n) is 6.45. The van der Waals surface area contributed by atoms with Crippen LogP contribution in [-0.2, 0) is 19.1 Å². The Bertz CT molecular complexity index is 1530. The van der Waals surface area contributed by atoms with Crippen LogP contribution in [0.3, 0.4) is 0 Å². The molecule has 1 N–H and O–H groups in total. The molecule has 2 amide bonds. The highest BCUT2D eigenvalue weighted by Crippen LogP contribution is 2.48. The molecular weight excluding hydrogens is 562 g/mol. The van der Waals surface area contributed by atoms with Crippen molar-refractivity contribution in [1.82, 2.24) is 15.2 Å². The molecule has 3 aliphatic rings. The van der Waals surface area contributed by atoms with Crippen LogP contribution in [-0.4, -0.2) is 72.4 Å².